The number of rotatable bonds is 6. The van der Waals surface area contributed by atoms with Crippen LogP contribution in [-0.4, -0.2) is 58.8 Å². The molecule has 0 unspecified atom stereocenters. The number of piperidine rings is 1. The molecule has 0 spiro atoms. The second-order valence-corrected chi connectivity index (χ2v) is 8.35. The summed E-state index contributed by atoms with van der Waals surface area (Å²) in [5.41, 5.74) is 2.11. The van der Waals surface area contributed by atoms with E-state index in [2.05, 4.69) is 20.6 Å². The largest absolute Gasteiger partial charge is 0.497 e. The third-order valence-electron chi connectivity index (χ3n) is 5.89. The fourth-order valence-corrected chi connectivity index (χ4v) is 3.90. The number of aryl methyl sites for hydroxylation is 1. The van der Waals surface area contributed by atoms with Crippen molar-refractivity contribution in [2.45, 2.75) is 25.8 Å². The number of ether oxygens (including phenoxy) is 1. The van der Waals surface area contributed by atoms with E-state index in [1.54, 1.807) is 48.4 Å². The quantitative estimate of drug-likeness (QED) is 0.569. The summed E-state index contributed by atoms with van der Waals surface area (Å²) in [6.07, 6.45) is 4.04. The van der Waals surface area contributed by atoms with Crippen LogP contribution in [0.25, 0.3) is 0 Å². The SMILES string of the molecule is COc1cccc(C(=O)N2CCC(NC(=O)c3nccnc3NC(=O)c3ccc(C)cc3)CC2)c1. The van der Waals surface area contributed by atoms with Crippen molar-refractivity contribution >= 4 is 23.5 Å². The summed E-state index contributed by atoms with van der Waals surface area (Å²) >= 11 is 0. The summed E-state index contributed by atoms with van der Waals surface area (Å²) in [6.45, 7) is 2.96. The highest BCUT2D eigenvalue weighted by Gasteiger charge is 2.26. The number of hydrogen-bond donors (Lipinski definition) is 2. The molecule has 1 saturated heterocycles. The van der Waals surface area contributed by atoms with Crippen molar-refractivity contribution in [1.82, 2.24) is 20.2 Å². The highest BCUT2D eigenvalue weighted by Crippen LogP contribution is 2.19. The van der Waals surface area contributed by atoms with Gasteiger partial charge in [-0.15, -0.1) is 0 Å². The van der Waals surface area contributed by atoms with E-state index in [-0.39, 0.29) is 29.4 Å². The predicted octanol–water partition coefficient (Wildman–Crippen LogP) is 3.08. The van der Waals surface area contributed by atoms with E-state index in [0.717, 1.165) is 5.56 Å². The number of aromatic nitrogens is 2. The number of benzene rings is 2. The second kappa shape index (κ2) is 10.8. The lowest BCUT2D eigenvalue weighted by Gasteiger charge is -2.32. The van der Waals surface area contributed by atoms with E-state index in [0.29, 0.717) is 42.8 Å². The third kappa shape index (κ3) is 5.81. The number of likely N-dealkylation sites (tertiary alicyclic amines) is 1. The smallest absolute Gasteiger partial charge is 0.273 e. The normalized spacial score (nSPS) is 13.7. The maximum Gasteiger partial charge on any atom is 0.273 e. The minimum absolute atomic E-state index is 0.0443. The fourth-order valence-electron chi connectivity index (χ4n) is 3.90. The standard InChI is InChI=1S/C26H27N5O4/c1-17-6-8-18(9-7-17)24(32)30-23-22(27-12-13-28-23)25(33)29-20-10-14-31(15-11-20)26(34)19-4-3-5-21(16-19)35-2/h3-9,12-13,16,20H,10-11,14-15H2,1-2H3,(H,29,33)(H,28,30,32). The first-order valence-electron chi connectivity index (χ1n) is 11.4. The molecule has 4 rings (SSSR count). The Morgan fingerprint density at radius 1 is 0.943 bits per heavy atom. The van der Waals surface area contributed by atoms with E-state index < -0.39 is 5.91 Å². The molecular weight excluding hydrogens is 446 g/mol. The Kier molecular flexibility index (Phi) is 7.35. The zero-order chi connectivity index (χ0) is 24.8. The number of nitrogens with one attached hydrogen (secondary N) is 2. The molecule has 180 valence electrons. The first kappa shape index (κ1) is 23.9. The van der Waals surface area contributed by atoms with Gasteiger partial charge in [0.15, 0.2) is 11.5 Å². The van der Waals surface area contributed by atoms with Crippen LogP contribution in [-0.2, 0) is 0 Å². The maximum absolute atomic E-state index is 12.9. The Morgan fingerprint density at radius 2 is 1.66 bits per heavy atom. The molecule has 9 heteroatoms. The van der Waals surface area contributed by atoms with Crippen LogP contribution in [0.4, 0.5) is 5.82 Å². The number of anilines is 1. The number of carbonyl (C=O) groups is 3. The number of carbonyl (C=O) groups excluding carboxylic acids is 3. The highest BCUT2D eigenvalue weighted by molar-refractivity contribution is 6.07. The van der Waals surface area contributed by atoms with E-state index in [1.165, 1.54) is 12.4 Å². The number of methoxy groups -OCH3 is 1. The van der Waals surface area contributed by atoms with Crippen LogP contribution in [0.1, 0.15) is 49.6 Å². The lowest BCUT2D eigenvalue weighted by Crippen LogP contribution is -2.46. The monoisotopic (exact) mass is 473 g/mol. The van der Waals surface area contributed by atoms with Crippen molar-refractivity contribution in [2.75, 3.05) is 25.5 Å². The lowest BCUT2D eigenvalue weighted by atomic mass is 10.0. The highest BCUT2D eigenvalue weighted by atomic mass is 16.5. The molecule has 3 amide bonds. The molecule has 1 aliphatic heterocycles. The van der Waals surface area contributed by atoms with Gasteiger partial charge in [-0.3, -0.25) is 14.4 Å². The molecule has 0 bridgehead atoms. The van der Waals surface area contributed by atoms with Crippen molar-refractivity contribution in [1.29, 1.82) is 0 Å². The van der Waals surface area contributed by atoms with Gasteiger partial charge in [-0.2, -0.15) is 0 Å². The van der Waals surface area contributed by atoms with Crippen LogP contribution in [0.3, 0.4) is 0 Å². The van der Waals surface area contributed by atoms with E-state index in [4.69, 9.17) is 4.74 Å². The van der Waals surface area contributed by atoms with Crippen LogP contribution >= 0.6 is 0 Å². The minimum atomic E-state index is -0.421. The Labute approximate surface area is 203 Å². The second-order valence-electron chi connectivity index (χ2n) is 8.35. The Morgan fingerprint density at radius 3 is 2.37 bits per heavy atom. The molecule has 3 aromatic rings. The Hall–Kier alpha value is -4.27. The summed E-state index contributed by atoms with van der Waals surface area (Å²) in [7, 11) is 1.56. The summed E-state index contributed by atoms with van der Waals surface area (Å²) in [6, 6.07) is 14.0. The van der Waals surface area contributed by atoms with Crippen molar-refractivity contribution in [3.8, 4) is 5.75 Å². The zero-order valence-electron chi connectivity index (χ0n) is 19.7. The van der Waals surface area contributed by atoms with Gasteiger partial charge in [0.05, 0.1) is 7.11 Å². The third-order valence-corrected chi connectivity index (χ3v) is 5.89. The topological polar surface area (TPSA) is 114 Å². The van der Waals surface area contributed by atoms with Crippen LogP contribution in [0, 0.1) is 6.92 Å². The van der Waals surface area contributed by atoms with E-state index >= 15 is 0 Å². The Bertz CT molecular complexity index is 1220. The summed E-state index contributed by atoms with van der Waals surface area (Å²) in [5, 5.41) is 5.64. The van der Waals surface area contributed by atoms with Crippen LogP contribution in [0.5, 0.6) is 5.75 Å². The fraction of sp³-hybridized carbons (Fsp3) is 0.269. The van der Waals surface area contributed by atoms with Gasteiger partial charge < -0.3 is 20.3 Å². The number of nitrogens with zero attached hydrogens (tertiary/aromatic N) is 3. The molecule has 1 aromatic heterocycles. The molecule has 0 atom stereocenters. The first-order valence-corrected chi connectivity index (χ1v) is 11.4. The van der Waals surface area contributed by atoms with E-state index in [1.807, 2.05) is 19.1 Å². The van der Waals surface area contributed by atoms with Gasteiger partial charge in [0.25, 0.3) is 17.7 Å². The molecule has 0 aliphatic carbocycles. The molecule has 2 N–H and O–H groups in total. The summed E-state index contributed by atoms with van der Waals surface area (Å²) < 4.78 is 5.20. The molecule has 0 radical (unpaired) electrons. The van der Waals surface area contributed by atoms with Gasteiger partial charge in [0.1, 0.15) is 5.75 Å². The van der Waals surface area contributed by atoms with Crippen LogP contribution in [0.2, 0.25) is 0 Å². The molecule has 1 aliphatic rings. The zero-order valence-corrected chi connectivity index (χ0v) is 19.7. The van der Waals surface area contributed by atoms with Gasteiger partial charge >= 0.3 is 0 Å². The minimum Gasteiger partial charge on any atom is -0.497 e. The van der Waals surface area contributed by atoms with Crippen LogP contribution in [0.15, 0.2) is 60.9 Å². The number of hydrogen-bond acceptors (Lipinski definition) is 6. The molecule has 2 aromatic carbocycles. The van der Waals surface area contributed by atoms with Crippen molar-refractivity contribution in [3.63, 3.8) is 0 Å². The molecule has 1 fully saturated rings. The summed E-state index contributed by atoms with van der Waals surface area (Å²) in [4.78, 5) is 48.4. The average molecular weight is 474 g/mol. The molecule has 2 heterocycles. The van der Waals surface area contributed by atoms with Crippen LogP contribution < -0.4 is 15.4 Å². The molecular formula is C26H27N5O4. The predicted molar refractivity (Wildman–Crippen MR) is 131 cm³/mol. The van der Waals surface area contributed by atoms with Gasteiger partial charge in [0, 0.05) is 42.7 Å². The van der Waals surface area contributed by atoms with Gasteiger partial charge in [-0.1, -0.05) is 23.8 Å². The van der Waals surface area contributed by atoms with Crippen molar-refractivity contribution < 1.29 is 19.1 Å². The molecule has 9 nitrogen and oxygen atoms in total. The molecule has 0 saturated carbocycles. The van der Waals surface area contributed by atoms with Crippen molar-refractivity contribution in [3.05, 3.63) is 83.3 Å². The van der Waals surface area contributed by atoms with E-state index in [9.17, 15) is 14.4 Å². The maximum atomic E-state index is 12.9. The van der Waals surface area contributed by atoms with Gasteiger partial charge in [0.2, 0.25) is 0 Å². The molecule has 35 heavy (non-hydrogen) atoms. The first-order chi connectivity index (χ1) is 16.9. The lowest BCUT2D eigenvalue weighted by molar-refractivity contribution is 0.0697. The van der Waals surface area contributed by atoms with Gasteiger partial charge in [-0.05, 0) is 50.1 Å². The Balaban J connectivity index is 1.35. The van der Waals surface area contributed by atoms with Crippen molar-refractivity contribution in [2.24, 2.45) is 0 Å². The number of amides is 3. The summed E-state index contributed by atoms with van der Waals surface area (Å²) in [5.74, 6) is -0.129. The van der Waals surface area contributed by atoms with Gasteiger partial charge in [-0.25, -0.2) is 9.97 Å². The average Bonchev–Trinajstić information content (AvgIpc) is 2.89.